The fourth-order valence-electron chi connectivity index (χ4n) is 0.955. The number of piperidine rings is 1. The molecule has 1 aliphatic heterocycles. The largest absolute Gasteiger partial charge is 0.662 e. The van der Waals surface area contributed by atoms with Gasteiger partial charge in [-0.15, -0.1) is 13.1 Å². The molecule has 0 aromatic heterocycles. The Kier molecular flexibility index (Phi) is 10.1. The molecule has 1 atom stereocenters. The van der Waals surface area contributed by atoms with Crippen LogP contribution >= 0.6 is 0 Å². The van der Waals surface area contributed by atoms with Crippen LogP contribution in [0, 0.1) is 13.3 Å². The van der Waals surface area contributed by atoms with E-state index in [0.717, 1.165) is 19.0 Å². The summed E-state index contributed by atoms with van der Waals surface area (Å²) in [5.74, 6) is 0.869. The second-order valence-electron chi connectivity index (χ2n) is 2.38. The molecule has 1 rings (SSSR count). The summed E-state index contributed by atoms with van der Waals surface area (Å²) in [6.45, 7) is 4.49. The van der Waals surface area contributed by atoms with E-state index in [1.54, 1.807) is 0 Å². The van der Waals surface area contributed by atoms with E-state index in [0.29, 0.717) is 0 Å². The molecule has 0 aromatic carbocycles. The van der Waals surface area contributed by atoms with Gasteiger partial charge in [0.25, 0.3) is 0 Å². The van der Waals surface area contributed by atoms with E-state index in [-0.39, 0.29) is 40.1 Å². The van der Waals surface area contributed by atoms with Crippen LogP contribution in [0.25, 0.3) is 5.32 Å². The second kappa shape index (κ2) is 7.17. The minimum Gasteiger partial charge on any atom is -0.662 e. The molecule has 53 valence electrons. The Morgan fingerprint density at radius 3 is 2.33 bits per heavy atom. The minimum absolute atomic E-state index is 0. The van der Waals surface area contributed by atoms with Crippen LogP contribution in [-0.4, -0.2) is 13.1 Å². The molecule has 0 bridgehead atoms. The van der Waals surface area contributed by atoms with Gasteiger partial charge in [-0.05, 0) is 0 Å². The summed E-state index contributed by atoms with van der Waals surface area (Å²) >= 11 is 0. The van der Waals surface area contributed by atoms with Gasteiger partial charge < -0.3 is 12.7 Å². The van der Waals surface area contributed by atoms with Crippen LogP contribution in [0.2, 0.25) is 0 Å². The zero-order valence-electron chi connectivity index (χ0n) is 6.43. The first-order valence-electron chi connectivity index (χ1n) is 3.03. The molecule has 1 nitrogen and oxygen atoms in total. The molecule has 0 saturated carbocycles. The molecule has 0 N–H and O–H groups in total. The van der Waals surface area contributed by atoms with Crippen LogP contribution < -0.4 is 0 Å². The number of hydrogen-bond donors (Lipinski definition) is 0. The molecule has 1 saturated heterocycles. The molecule has 0 unspecified atom stereocenters. The maximum atomic E-state index is 4.26. The van der Waals surface area contributed by atoms with Crippen LogP contribution in [0.5, 0.6) is 0 Å². The van der Waals surface area contributed by atoms with Crippen molar-refractivity contribution in [2.45, 2.75) is 19.8 Å². The Morgan fingerprint density at radius 1 is 1.44 bits per heavy atom. The quantitative estimate of drug-likeness (QED) is 0.535. The average Bonchev–Trinajstić information content (AvgIpc) is 1.69. The Morgan fingerprint density at radius 2 is 2.11 bits per heavy atom. The molecular weight excluding hydrogens is 187 g/mol. The third-order valence-electron chi connectivity index (χ3n) is 1.45. The summed E-state index contributed by atoms with van der Waals surface area (Å²) in [7, 11) is 0. The summed E-state index contributed by atoms with van der Waals surface area (Å²) in [4.78, 5) is 0. The molecule has 0 aromatic rings. The minimum atomic E-state index is 0. The zero-order chi connectivity index (χ0) is 5.11. The first kappa shape index (κ1) is 12.7. The third-order valence-corrected chi connectivity index (χ3v) is 1.45. The first-order valence-corrected chi connectivity index (χ1v) is 3.03. The van der Waals surface area contributed by atoms with Crippen LogP contribution in [0.1, 0.15) is 19.8 Å². The van der Waals surface area contributed by atoms with E-state index in [9.17, 15) is 0 Å². The van der Waals surface area contributed by atoms with Crippen molar-refractivity contribution in [1.82, 2.24) is 0 Å². The summed E-state index contributed by atoms with van der Waals surface area (Å²) in [5, 5.41) is 4.26. The van der Waals surface area contributed by atoms with Gasteiger partial charge in [-0.3, -0.25) is 0 Å². The molecule has 1 aliphatic rings. The summed E-state index contributed by atoms with van der Waals surface area (Å²) in [6, 6.07) is 0. The van der Waals surface area contributed by atoms with Gasteiger partial charge in [0.2, 0.25) is 0 Å². The summed E-state index contributed by atoms with van der Waals surface area (Å²) in [6.07, 6.45) is 2.71. The van der Waals surface area contributed by atoms with Crippen LogP contribution in [0.4, 0.5) is 0 Å². The first-order chi connectivity index (χ1) is 3.39. The van der Waals surface area contributed by atoms with Crippen molar-refractivity contribution in [3.05, 3.63) is 12.7 Å². The standard InChI is InChI=1S/C6H12N.CH3.Y/c1-6-3-2-4-7-5-6;;/h6H,2-5H2,1H3;1H3;/q2*-1;/t6-;;/m1../s1. The van der Waals surface area contributed by atoms with Crippen molar-refractivity contribution >= 4 is 0 Å². The van der Waals surface area contributed by atoms with E-state index in [4.69, 9.17) is 0 Å². The number of hydrogen-bond acceptors (Lipinski definition) is 0. The SMILES string of the molecule is C[C@@H]1CCC[N-]C1.[CH3-].[Y]. The average molecular weight is 202 g/mol. The monoisotopic (exact) mass is 202 g/mol. The molecule has 0 amide bonds. The van der Waals surface area contributed by atoms with Gasteiger partial charge in [-0.25, -0.2) is 0 Å². The van der Waals surface area contributed by atoms with E-state index in [2.05, 4.69) is 12.2 Å². The summed E-state index contributed by atoms with van der Waals surface area (Å²) < 4.78 is 0. The third kappa shape index (κ3) is 5.51. The van der Waals surface area contributed by atoms with Crippen molar-refractivity contribution in [3.8, 4) is 0 Å². The van der Waals surface area contributed by atoms with Gasteiger partial charge in [0.1, 0.15) is 0 Å². The van der Waals surface area contributed by atoms with Gasteiger partial charge in [-0.2, -0.15) is 0 Å². The van der Waals surface area contributed by atoms with E-state index >= 15 is 0 Å². The van der Waals surface area contributed by atoms with Crippen molar-refractivity contribution in [3.63, 3.8) is 0 Å². The molecular formula is C7H15NY-2. The molecule has 0 spiro atoms. The van der Waals surface area contributed by atoms with Crippen molar-refractivity contribution in [1.29, 1.82) is 0 Å². The number of nitrogens with zero attached hydrogens (tertiary/aromatic N) is 1. The maximum Gasteiger partial charge on any atom is 0 e. The zero-order valence-corrected chi connectivity index (χ0v) is 9.27. The molecule has 1 radical (unpaired) electrons. The smallest absolute Gasteiger partial charge is 0 e. The van der Waals surface area contributed by atoms with Gasteiger partial charge >= 0.3 is 0 Å². The van der Waals surface area contributed by atoms with Crippen molar-refractivity contribution in [2.75, 3.05) is 13.1 Å². The Balaban J connectivity index is 0. The number of rotatable bonds is 0. The van der Waals surface area contributed by atoms with E-state index in [1.165, 1.54) is 12.8 Å². The fraction of sp³-hybridized carbons (Fsp3) is 0.857. The topological polar surface area (TPSA) is 14.1 Å². The van der Waals surface area contributed by atoms with Gasteiger partial charge in [-0.1, -0.05) is 25.7 Å². The molecule has 0 aliphatic carbocycles. The predicted octanol–water partition coefficient (Wildman–Crippen LogP) is 2.24. The van der Waals surface area contributed by atoms with Crippen molar-refractivity contribution in [2.24, 2.45) is 5.92 Å². The summed E-state index contributed by atoms with van der Waals surface area (Å²) in [5.41, 5.74) is 0. The predicted molar refractivity (Wildman–Crippen MR) is 37.9 cm³/mol. The van der Waals surface area contributed by atoms with E-state index < -0.39 is 0 Å². The molecule has 1 heterocycles. The van der Waals surface area contributed by atoms with E-state index in [1.807, 2.05) is 0 Å². The molecule has 9 heavy (non-hydrogen) atoms. The van der Waals surface area contributed by atoms with Crippen LogP contribution in [-0.2, 0) is 32.7 Å². The Bertz CT molecular complexity index is 50.9. The molecule has 1 fully saturated rings. The fourth-order valence-corrected chi connectivity index (χ4v) is 0.955. The Hall–Kier alpha value is 1.06. The molecule has 2 heteroatoms. The van der Waals surface area contributed by atoms with Crippen LogP contribution in [0.3, 0.4) is 0 Å². The van der Waals surface area contributed by atoms with Gasteiger partial charge in [0.05, 0.1) is 0 Å². The van der Waals surface area contributed by atoms with Crippen LogP contribution in [0.15, 0.2) is 0 Å². The maximum absolute atomic E-state index is 4.26. The van der Waals surface area contributed by atoms with Gasteiger partial charge in [0.15, 0.2) is 0 Å². The second-order valence-corrected chi connectivity index (χ2v) is 2.38. The Labute approximate surface area is 83.9 Å². The normalized spacial score (nSPS) is 25.7. The van der Waals surface area contributed by atoms with Crippen molar-refractivity contribution < 1.29 is 32.7 Å². The van der Waals surface area contributed by atoms with Gasteiger partial charge in [0, 0.05) is 32.7 Å².